The smallest absolute Gasteiger partial charge is 0.274 e. The number of pyridine rings is 1. The van der Waals surface area contributed by atoms with Crippen LogP contribution < -0.4 is 10.6 Å². The van der Waals surface area contributed by atoms with E-state index in [1.165, 1.54) is 0 Å². The highest BCUT2D eigenvalue weighted by atomic mass is 16.1. The molecule has 0 saturated heterocycles. The topological polar surface area (TPSA) is 79.8 Å². The third-order valence-electron chi connectivity index (χ3n) is 3.54. The van der Waals surface area contributed by atoms with Gasteiger partial charge in [-0.05, 0) is 54.8 Å². The van der Waals surface area contributed by atoms with Gasteiger partial charge in [0.15, 0.2) is 0 Å². The molecule has 0 aliphatic carbocycles. The second-order valence-corrected chi connectivity index (χ2v) is 5.81. The summed E-state index contributed by atoms with van der Waals surface area (Å²) in [5, 5.41) is 5.97. The summed E-state index contributed by atoms with van der Waals surface area (Å²) in [6, 6.07) is 11.3. The van der Waals surface area contributed by atoms with E-state index in [-0.39, 0.29) is 5.91 Å². The zero-order valence-corrected chi connectivity index (χ0v) is 14.2. The molecule has 0 aliphatic heterocycles. The van der Waals surface area contributed by atoms with Crippen molar-refractivity contribution in [3.8, 4) is 0 Å². The van der Waals surface area contributed by atoms with E-state index in [0.717, 1.165) is 22.4 Å². The van der Waals surface area contributed by atoms with Crippen LogP contribution in [-0.2, 0) is 6.54 Å². The fraction of sp³-hybridized carbons (Fsp3) is 0.158. The van der Waals surface area contributed by atoms with E-state index in [1.807, 2.05) is 38.1 Å². The van der Waals surface area contributed by atoms with Gasteiger partial charge in [0.1, 0.15) is 5.69 Å². The van der Waals surface area contributed by atoms with Gasteiger partial charge in [0.2, 0.25) is 5.95 Å². The third kappa shape index (κ3) is 4.60. The van der Waals surface area contributed by atoms with E-state index in [2.05, 4.69) is 31.7 Å². The Bertz CT molecular complexity index is 860. The first kappa shape index (κ1) is 16.6. The Morgan fingerprint density at radius 3 is 2.60 bits per heavy atom. The van der Waals surface area contributed by atoms with Gasteiger partial charge < -0.3 is 10.6 Å². The molecule has 0 bridgehead atoms. The Morgan fingerprint density at radius 2 is 1.88 bits per heavy atom. The van der Waals surface area contributed by atoms with Crippen molar-refractivity contribution in [2.75, 3.05) is 10.6 Å². The van der Waals surface area contributed by atoms with Crippen molar-refractivity contribution in [3.63, 3.8) is 0 Å². The summed E-state index contributed by atoms with van der Waals surface area (Å²) in [7, 11) is 0. The zero-order valence-electron chi connectivity index (χ0n) is 14.2. The molecule has 3 aromatic rings. The van der Waals surface area contributed by atoms with Gasteiger partial charge in [-0.1, -0.05) is 12.1 Å². The van der Waals surface area contributed by atoms with Gasteiger partial charge in [-0.2, -0.15) is 0 Å². The van der Waals surface area contributed by atoms with E-state index < -0.39 is 0 Å². The molecule has 126 valence electrons. The number of aromatic nitrogens is 3. The Labute approximate surface area is 146 Å². The van der Waals surface area contributed by atoms with Gasteiger partial charge in [-0.25, -0.2) is 9.97 Å². The summed E-state index contributed by atoms with van der Waals surface area (Å²) in [5.41, 5.74) is 4.26. The molecule has 0 unspecified atom stereocenters. The van der Waals surface area contributed by atoms with Crippen LogP contribution in [0.2, 0.25) is 0 Å². The summed E-state index contributed by atoms with van der Waals surface area (Å²) >= 11 is 0. The van der Waals surface area contributed by atoms with Crippen LogP contribution in [0, 0.1) is 13.8 Å². The molecule has 2 heterocycles. The highest BCUT2D eigenvalue weighted by molar-refractivity contribution is 6.03. The molecule has 6 heteroatoms. The Kier molecular flexibility index (Phi) is 4.99. The number of carbonyl (C=O) groups excluding carboxylic acids is 1. The Balaban J connectivity index is 1.68. The summed E-state index contributed by atoms with van der Waals surface area (Å²) in [4.78, 5) is 24.9. The SMILES string of the molecule is Cc1cc(C)cc(NC(=O)c2ccnc(NCc3cccnc3)n2)c1. The quantitative estimate of drug-likeness (QED) is 0.748. The average molecular weight is 333 g/mol. The maximum Gasteiger partial charge on any atom is 0.274 e. The van der Waals surface area contributed by atoms with Crippen molar-refractivity contribution in [1.82, 2.24) is 15.0 Å². The number of hydrogen-bond acceptors (Lipinski definition) is 5. The first-order valence-corrected chi connectivity index (χ1v) is 7.95. The first-order valence-electron chi connectivity index (χ1n) is 7.95. The van der Waals surface area contributed by atoms with Crippen molar-refractivity contribution < 1.29 is 4.79 Å². The first-order chi connectivity index (χ1) is 12.1. The van der Waals surface area contributed by atoms with Gasteiger partial charge in [-0.15, -0.1) is 0 Å². The van der Waals surface area contributed by atoms with E-state index in [9.17, 15) is 4.79 Å². The Hall–Kier alpha value is -3.28. The van der Waals surface area contributed by atoms with Crippen molar-refractivity contribution in [2.45, 2.75) is 20.4 Å². The molecule has 0 atom stereocenters. The molecule has 0 fully saturated rings. The fourth-order valence-electron chi connectivity index (χ4n) is 2.50. The highest BCUT2D eigenvalue weighted by Gasteiger charge is 2.10. The second-order valence-electron chi connectivity index (χ2n) is 5.81. The molecule has 2 N–H and O–H groups in total. The highest BCUT2D eigenvalue weighted by Crippen LogP contribution is 2.15. The number of nitrogens with zero attached hydrogens (tertiary/aromatic N) is 3. The lowest BCUT2D eigenvalue weighted by atomic mass is 10.1. The molecule has 0 spiro atoms. The van der Waals surface area contributed by atoms with Gasteiger partial charge >= 0.3 is 0 Å². The van der Waals surface area contributed by atoms with Crippen LogP contribution in [0.3, 0.4) is 0 Å². The lowest BCUT2D eigenvalue weighted by molar-refractivity contribution is 0.102. The molecule has 3 rings (SSSR count). The minimum atomic E-state index is -0.267. The molecule has 6 nitrogen and oxygen atoms in total. The standard InChI is InChI=1S/C19H19N5O/c1-13-8-14(2)10-16(9-13)23-18(25)17-5-7-21-19(24-17)22-12-15-4-3-6-20-11-15/h3-11H,12H2,1-2H3,(H,23,25)(H,21,22,24). The molecule has 0 radical (unpaired) electrons. The number of benzene rings is 1. The Morgan fingerprint density at radius 1 is 1.08 bits per heavy atom. The number of anilines is 2. The molecule has 0 aliphatic rings. The minimum absolute atomic E-state index is 0.267. The van der Waals surface area contributed by atoms with Crippen LogP contribution in [0.5, 0.6) is 0 Å². The molecular weight excluding hydrogens is 314 g/mol. The molecule has 2 aromatic heterocycles. The lowest BCUT2D eigenvalue weighted by Gasteiger charge is -2.09. The predicted octanol–water partition coefficient (Wildman–Crippen LogP) is 3.35. The number of hydrogen-bond donors (Lipinski definition) is 2. The van der Waals surface area contributed by atoms with Crippen LogP contribution in [-0.4, -0.2) is 20.9 Å². The number of rotatable bonds is 5. The average Bonchev–Trinajstić information content (AvgIpc) is 2.60. The largest absolute Gasteiger partial charge is 0.350 e. The second kappa shape index (κ2) is 7.53. The molecule has 1 aromatic carbocycles. The molecule has 25 heavy (non-hydrogen) atoms. The van der Waals surface area contributed by atoms with E-state index >= 15 is 0 Å². The monoisotopic (exact) mass is 333 g/mol. The van der Waals surface area contributed by atoms with E-state index in [0.29, 0.717) is 18.2 Å². The van der Waals surface area contributed by atoms with Crippen LogP contribution in [0.4, 0.5) is 11.6 Å². The maximum atomic E-state index is 12.4. The lowest BCUT2D eigenvalue weighted by Crippen LogP contribution is -2.15. The van der Waals surface area contributed by atoms with Gasteiger partial charge in [0.25, 0.3) is 5.91 Å². The van der Waals surface area contributed by atoms with Crippen LogP contribution >= 0.6 is 0 Å². The van der Waals surface area contributed by atoms with E-state index in [4.69, 9.17) is 0 Å². The van der Waals surface area contributed by atoms with Crippen molar-refractivity contribution in [1.29, 1.82) is 0 Å². The van der Waals surface area contributed by atoms with Crippen LogP contribution in [0.25, 0.3) is 0 Å². The maximum absolute atomic E-state index is 12.4. The van der Waals surface area contributed by atoms with Gasteiger partial charge in [-0.3, -0.25) is 9.78 Å². The molecule has 0 saturated carbocycles. The number of aryl methyl sites for hydroxylation is 2. The molecular formula is C19H19N5O. The van der Waals surface area contributed by atoms with Crippen molar-refractivity contribution in [3.05, 3.63) is 77.4 Å². The normalized spacial score (nSPS) is 10.3. The third-order valence-corrected chi connectivity index (χ3v) is 3.54. The number of nitrogens with one attached hydrogen (secondary N) is 2. The zero-order chi connectivity index (χ0) is 17.6. The van der Waals surface area contributed by atoms with Gasteiger partial charge in [0.05, 0.1) is 0 Å². The summed E-state index contributed by atoms with van der Waals surface area (Å²) < 4.78 is 0. The summed E-state index contributed by atoms with van der Waals surface area (Å²) in [5.74, 6) is 0.133. The van der Waals surface area contributed by atoms with Crippen LogP contribution in [0.15, 0.2) is 55.0 Å². The van der Waals surface area contributed by atoms with Gasteiger partial charge in [0, 0.05) is 30.8 Å². The minimum Gasteiger partial charge on any atom is -0.350 e. The number of amides is 1. The predicted molar refractivity (Wildman–Crippen MR) is 97.5 cm³/mol. The molecule has 1 amide bonds. The summed E-state index contributed by atoms with van der Waals surface area (Å²) in [6.45, 7) is 4.53. The van der Waals surface area contributed by atoms with Crippen molar-refractivity contribution in [2.24, 2.45) is 0 Å². The number of carbonyl (C=O) groups is 1. The summed E-state index contributed by atoms with van der Waals surface area (Å²) in [6.07, 6.45) is 5.05. The fourth-order valence-corrected chi connectivity index (χ4v) is 2.50. The van der Waals surface area contributed by atoms with Crippen LogP contribution in [0.1, 0.15) is 27.2 Å². The van der Waals surface area contributed by atoms with Crippen molar-refractivity contribution >= 4 is 17.5 Å². The van der Waals surface area contributed by atoms with E-state index in [1.54, 1.807) is 24.7 Å².